The van der Waals surface area contributed by atoms with Crippen LogP contribution in [0.5, 0.6) is 0 Å². The lowest BCUT2D eigenvalue weighted by molar-refractivity contribution is 0.0675. The molecule has 1 aliphatic carbocycles. The number of anilines is 1. The Morgan fingerprint density at radius 1 is 1.40 bits per heavy atom. The van der Waals surface area contributed by atoms with Crippen LogP contribution in [-0.2, 0) is 0 Å². The van der Waals surface area contributed by atoms with Crippen molar-refractivity contribution in [1.29, 1.82) is 0 Å². The topological polar surface area (TPSA) is 45.2 Å². The van der Waals surface area contributed by atoms with Crippen molar-refractivity contribution < 1.29 is 9.18 Å². The van der Waals surface area contributed by atoms with Gasteiger partial charge in [-0.2, -0.15) is 0 Å². The molecule has 2 rings (SSSR count). The highest BCUT2D eigenvalue weighted by Gasteiger charge is 2.27. The molecule has 0 spiro atoms. The molecule has 5 heteroatoms. The van der Waals surface area contributed by atoms with Crippen LogP contribution in [0.4, 0.5) is 10.2 Å². The number of carbonyl (C=O) groups excluding carboxylic acids is 1. The number of halogens is 1. The van der Waals surface area contributed by atoms with Crippen molar-refractivity contribution in [3.63, 3.8) is 0 Å². The summed E-state index contributed by atoms with van der Waals surface area (Å²) in [5.41, 5.74) is 0.0884. The van der Waals surface area contributed by atoms with Crippen molar-refractivity contribution in [2.24, 2.45) is 5.92 Å². The predicted molar refractivity (Wildman–Crippen MR) is 77.3 cm³/mol. The van der Waals surface area contributed by atoms with Gasteiger partial charge < -0.3 is 10.2 Å². The molecule has 1 saturated carbocycles. The number of carbonyl (C=O) groups is 1. The van der Waals surface area contributed by atoms with E-state index in [4.69, 9.17) is 0 Å². The normalized spacial score (nSPS) is 22.4. The minimum absolute atomic E-state index is 0.0884. The standard InChI is InChI=1S/C15H22FN3O/c1-10-4-6-11(7-5-10)19(3)15(20)12-8-9-18-14(17-2)13(12)16/h8-11H,4-7H2,1-3H3,(H,17,18). The molecule has 110 valence electrons. The Hall–Kier alpha value is -1.65. The highest BCUT2D eigenvalue weighted by Crippen LogP contribution is 2.27. The van der Waals surface area contributed by atoms with E-state index in [1.165, 1.54) is 12.3 Å². The van der Waals surface area contributed by atoms with E-state index in [9.17, 15) is 9.18 Å². The average molecular weight is 279 g/mol. The minimum atomic E-state index is -0.573. The van der Waals surface area contributed by atoms with E-state index in [1.807, 2.05) is 0 Å². The van der Waals surface area contributed by atoms with Gasteiger partial charge in [0.05, 0.1) is 5.56 Å². The molecule has 0 bridgehead atoms. The lowest BCUT2D eigenvalue weighted by atomic mass is 9.86. The third-order valence-corrected chi connectivity index (χ3v) is 4.21. The van der Waals surface area contributed by atoms with Gasteiger partial charge in [-0.3, -0.25) is 4.79 Å². The summed E-state index contributed by atoms with van der Waals surface area (Å²) in [5, 5.41) is 2.66. The monoisotopic (exact) mass is 279 g/mol. The quantitative estimate of drug-likeness (QED) is 0.925. The van der Waals surface area contributed by atoms with Crippen molar-refractivity contribution in [2.45, 2.75) is 38.6 Å². The van der Waals surface area contributed by atoms with Gasteiger partial charge in [-0.1, -0.05) is 6.92 Å². The minimum Gasteiger partial charge on any atom is -0.371 e. The van der Waals surface area contributed by atoms with Gasteiger partial charge in [0, 0.05) is 26.3 Å². The Bertz CT molecular complexity index is 484. The van der Waals surface area contributed by atoms with Crippen molar-refractivity contribution in [3.05, 3.63) is 23.6 Å². The Balaban J connectivity index is 2.14. The van der Waals surface area contributed by atoms with Crippen LogP contribution in [0, 0.1) is 11.7 Å². The van der Waals surface area contributed by atoms with E-state index in [0.29, 0.717) is 0 Å². The largest absolute Gasteiger partial charge is 0.371 e. The molecule has 1 fully saturated rings. The van der Waals surface area contributed by atoms with E-state index in [1.54, 1.807) is 19.0 Å². The third kappa shape index (κ3) is 2.92. The first-order valence-electron chi connectivity index (χ1n) is 7.14. The molecule has 1 aliphatic rings. The summed E-state index contributed by atoms with van der Waals surface area (Å²) in [6.45, 7) is 2.24. The Labute approximate surface area is 119 Å². The maximum atomic E-state index is 14.1. The van der Waals surface area contributed by atoms with Gasteiger partial charge in [-0.05, 0) is 37.7 Å². The van der Waals surface area contributed by atoms with Gasteiger partial charge in [0.2, 0.25) is 0 Å². The van der Waals surface area contributed by atoms with E-state index in [2.05, 4.69) is 17.2 Å². The first kappa shape index (κ1) is 14.8. The second-order valence-electron chi connectivity index (χ2n) is 5.60. The molecule has 0 aliphatic heterocycles. The van der Waals surface area contributed by atoms with Crippen LogP contribution in [0.15, 0.2) is 12.3 Å². The number of amides is 1. The molecule has 0 radical (unpaired) electrons. The molecule has 0 saturated heterocycles. The summed E-state index contributed by atoms with van der Waals surface area (Å²) in [7, 11) is 3.35. The Morgan fingerprint density at radius 3 is 2.65 bits per heavy atom. The van der Waals surface area contributed by atoms with Gasteiger partial charge >= 0.3 is 0 Å². The summed E-state index contributed by atoms with van der Waals surface area (Å²) < 4.78 is 14.1. The second kappa shape index (κ2) is 6.20. The van der Waals surface area contributed by atoms with Crippen LogP contribution in [0.3, 0.4) is 0 Å². The smallest absolute Gasteiger partial charge is 0.257 e. The first-order valence-corrected chi connectivity index (χ1v) is 7.14. The lowest BCUT2D eigenvalue weighted by Crippen LogP contribution is -2.39. The molecule has 0 unspecified atom stereocenters. The van der Waals surface area contributed by atoms with Crippen molar-refractivity contribution in [3.8, 4) is 0 Å². The number of pyridine rings is 1. The van der Waals surface area contributed by atoms with Gasteiger partial charge in [0.15, 0.2) is 11.6 Å². The summed E-state index contributed by atoms with van der Waals surface area (Å²) in [6, 6.07) is 1.66. The van der Waals surface area contributed by atoms with Crippen molar-refractivity contribution in [1.82, 2.24) is 9.88 Å². The molecule has 0 atom stereocenters. The molecule has 0 aromatic carbocycles. The fraction of sp³-hybridized carbons (Fsp3) is 0.600. The second-order valence-corrected chi connectivity index (χ2v) is 5.60. The summed E-state index contributed by atoms with van der Waals surface area (Å²) >= 11 is 0. The fourth-order valence-electron chi connectivity index (χ4n) is 2.77. The van der Waals surface area contributed by atoms with Gasteiger partial charge in [0.25, 0.3) is 5.91 Å². The first-order chi connectivity index (χ1) is 9.54. The molecule has 4 nitrogen and oxygen atoms in total. The number of rotatable bonds is 3. The van der Waals surface area contributed by atoms with Crippen molar-refractivity contribution >= 4 is 11.7 Å². The van der Waals surface area contributed by atoms with Gasteiger partial charge in [0.1, 0.15) is 0 Å². The fourth-order valence-corrected chi connectivity index (χ4v) is 2.77. The van der Waals surface area contributed by atoms with E-state index in [-0.39, 0.29) is 23.3 Å². The zero-order valence-electron chi connectivity index (χ0n) is 12.3. The molecule has 20 heavy (non-hydrogen) atoms. The molecular weight excluding hydrogens is 257 g/mol. The molecule has 1 amide bonds. The SMILES string of the molecule is CNc1nccc(C(=O)N(C)C2CCC(C)CC2)c1F. The lowest BCUT2D eigenvalue weighted by Gasteiger charge is -2.33. The van der Waals surface area contributed by atoms with Crippen LogP contribution < -0.4 is 5.32 Å². The summed E-state index contributed by atoms with van der Waals surface area (Å²) in [4.78, 5) is 18.0. The van der Waals surface area contributed by atoms with Gasteiger partial charge in [-0.25, -0.2) is 9.37 Å². The number of hydrogen-bond donors (Lipinski definition) is 1. The number of hydrogen-bond acceptors (Lipinski definition) is 3. The highest BCUT2D eigenvalue weighted by molar-refractivity contribution is 5.95. The Morgan fingerprint density at radius 2 is 2.05 bits per heavy atom. The van der Waals surface area contributed by atoms with Gasteiger partial charge in [-0.15, -0.1) is 0 Å². The van der Waals surface area contributed by atoms with Crippen LogP contribution in [-0.4, -0.2) is 35.9 Å². The van der Waals surface area contributed by atoms with Crippen molar-refractivity contribution in [2.75, 3.05) is 19.4 Å². The maximum absolute atomic E-state index is 14.1. The summed E-state index contributed by atoms with van der Waals surface area (Å²) in [6.07, 6.45) is 5.70. The molecule has 1 aromatic rings. The molecule has 1 aromatic heterocycles. The van der Waals surface area contributed by atoms with Crippen LogP contribution >= 0.6 is 0 Å². The zero-order valence-corrected chi connectivity index (χ0v) is 12.3. The Kier molecular flexibility index (Phi) is 4.57. The van der Waals surface area contributed by atoms with E-state index in [0.717, 1.165) is 31.6 Å². The molecule has 1 heterocycles. The number of nitrogens with zero attached hydrogens (tertiary/aromatic N) is 2. The molecule has 1 N–H and O–H groups in total. The van der Waals surface area contributed by atoms with Crippen LogP contribution in [0.1, 0.15) is 43.0 Å². The maximum Gasteiger partial charge on any atom is 0.257 e. The summed E-state index contributed by atoms with van der Waals surface area (Å²) in [5.74, 6) is 0.00167. The van der Waals surface area contributed by atoms with E-state index < -0.39 is 5.82 Å². The molecular formula is C15H22FN3O. The highest BCUT2D eigenvalue weighted by atomic mass is 19.1. The number of nitrogens with one attached hydrogen (secondary N) is 1. The zero-order chi connectivity index (χ0) is 14.7. The van der Waals surface area contributed by atoms with Crippen LogP contribution in [0.25, 0.3) is 0 Å². The van der Waals surface area contributed by atoms with E-state index >= 15 is 0 Å². The number of aromatic nitrogens is 1. The third-order valence-electron chi connectivity index (χ3n) is 4.21. The predicted octanol–water partition coefficient (Wildman–Crippen LogP) is 2.91. The average Bonchev–Trinajstić information content (AvgIpc) is 2.47. The van der Waals surface area contributed by atoms with Crippen LogP contribution in [0.2, 0.25) is 0 Å².